The van der Waals surface area contributed by atoms with Crippen molar-refractivity contribution in [1.82, 2.24) is 0 Å². The van der Waals surface area contributed by atoms with Crippen LogP contribution in [0.5, 0.6) is 0 Å². The van der Waals surface area contributed by atoms with Gasteiger partial charge in [0.1, 0.15) is 17.2 Å². The number of thiol groups is 2. The van der Waals surface area contributed by atoms with Gasteiger partial charge in [0.05, 0.1) is 0 Å². The quantitative estimate of drug-likeness (QED) is 0.532. The molecule has 0 atom stereocenters. The molecule has 0 saturated heterocycles. The molecular weight excluding hydrogens is 362 g/mol. The van der Waals surface area contributed by atoms with Gasteiger partial charge in [-0.05, 0) is 60.3 Å². The van der Waals surface area contributed by atoms with E-state index in [-0.39, 0.29) is 5.92 Å². The van der Waals surface area contributed by atoms with Gasteiger partial charge in [0.2, 0.25) is 0 Å². The highest BCUT2D eigenvalue weighted by Crippen LogP contribution is 2.36. The highest BCUT2D eigenvalue weighted by molar-refractivity contribution is 7.81. The van der Waals surface area contributed by atoms with E-state index >= 15 is 0 Å². The predicted molar refractivity (Wildman–Crippen MR) is 107 cm³/mol. The molecule has 1 fully saturated rings. The Morgan fingerprint density at radius 2 is 1.52 bits per heavy atom. The molecule has 1 aromatic carbocycles. The van der Waals surface area contributed by atoms with Crippen LogP contribution in [0.4, 0.5) is 8.78 Å². The third-order valence-electron chi connectivity index (χ3n) is 4.08. The molecule has 144 valence electrons. The van der Waals surface area contributed by atoms with Crippen LogP contribution < -0.4 is 0 Å². The maximum absolute atomic E-state index is 13.6. The summed E-state index contributed by atoms with van der Waals surface area (Å²) in [6.45, 7) is 6.17. The second kappa shape index (κ2) is 13.5. The van der Waals surface area contributed by atoms with E-state index in [1.807, 2.05) is 13.8 Å². The first-order valence-corrected chi connectivity index (χ1v) is 10.1. The number of benzene rings is 1. The largest absolute Gasteiger partial charge is 0.477 e. The van der Waals surface area contributed by atoms with Gasteiger partial charge in [-0.2, -0.15) is 25.3 Å². The molecule has 0 unspecified atom stereocenters. The van der Waals surface area contributed by atoms with E-state index in [1.54, 1.807) is 0 Å². The van der Waals surface area contributed by atoms with Gasteiger partial charge in [-0.1, -0.05) is 33.6 Å². The summed E-state index contributed by atoms with van der Waals surface area (Å²) >= 11 is 7.90. The van der Waals surface area contributed by atoms with Crippen molar-refractivity contribution in [2.45, 2.75) is 58.8 Å². The lowest BCUT2D eigenvalue weighted by atomic mass is 9.79. The van der Waals surface area contributed by atoms with Crippen molar-refractivity contribution in [2.24, 2.45) is 5.92 Å². The lowest BCUT2D eigenvalue weighted by Crippen LogP contribution is -2.13. The molecule has 0 spiro atoms. The lowest BCUT2D eigenvalue weighted by Gasteiger charge is -2.26. The maximum atomic E-state index is 13.6. The van der Waals surface area contributed by atoms with E-state index in [0.717, 1.165) is 43.6 Å². The summed E-state index contributed by atoms with van der Waals surface area (Å²) in [5.41, 5.74) is -0.273. The van der Waals surface area contributed by atoms with Gasteiger partial charge in [0.25, 0.3) is 0 Å². The lowest BCUT2D eigenvalue weighted by molar-refractivity contribution is 0.0686. The maximum Gasteiger partial charge on any atom is 0.341 e. The predicted octanol–water partition coefficient (Wildman–Crippen LogP) is 6.22. The fourth-order valence-corrected chi connectivity index (χ4v) is 3.26. The molecule has 0 radical (unpaired) electrons. The molecule has 0 bridgehead atoms. The SMILES string of the molecule is CC.CC1CCC(c2cc(F)c(C(=O)O)c(F)c2)CC1.SCCCS. The zero-order valence-electron chi connectivity index (χ0n) is 15.3. The molecule has 6 heteroatoms. The van der Waals surface area contributed by atoms with E-state index in [9.17, 15) is 13.6 Å². The second-order valence-corrected chi connectivity index (χ2v) is 6.82. The average molecular weight is 393 g/mol. The van der Waals surface area contributed by atoms with Crippen molar-refractivity contribution in [3.8, 4) is 0 Å². The third-order valence-corrected chi connectivity index (χ3v) is 4.71. The summed E-state index contributed by atoms with van der Waals surface area (Å²) in [6.07, 6.45) is 5.04. The first kappa shape index (κ1) is 24.2. The smallest absolute Gasteiger partial charge is 0.341 e. The number of carboxylic acids is 1. The number of hydrogen-bond donors (Lipinski definition) is 3. The van der Waals surface area contributed by atoms with Gasteiger partial charge in [-0.25, -0.2) is 13.6 Å². The molecule has 1 aliphatic rings. The molecular formula is C19H30F2O2S2. The minimum Gasteiger partial charge on any atom is -0.477 e. The van der Waals surface area contributed by atoms with Crippen molar-refractivity contribution in [2.75, 3.05) is 11.5 Å². The van der Waals surface area contributed by atoms with Crippen LogP contribution >= 0.6 is 25.3 Å². The van der Waals surface area contributed by atoms with Gasteiger partial charge >= 0.3 is 5.97 Å². The van der Waals surface area contributed by atoms with E-state index in [4.69, 9.17) is 5.11 Å². The average Bonchev–Trinajstić information content (AvgIpc) is 2.57. The zero-order chi connectivity index (χ0) is 19.4. The first-order chi connectivity index (χ1) is 11.9. The van der Waals surface area contributed by atoms with Crippen LogP contribution in [0.25, 0.3) is 0 Å². The Morgan fingerprint density at radius 1 is 1.08 bits per heavy atom. The van der Waals surface area contributed by atoms with E-state index in [0.29, 0.717) is 11.5 Å². The molecule has 0 aromatic heterocycles. The first-order valence-electron chi connectivity index (χ1n) is 8.84. The Morgan fingerprint density at radius 3 is 1.84 bits per heavy atom. The number of rotatable bonds is 4. The van der Waals surface area contributed by atoms with Crippen LogP contribution in [0.2, 0.25) is 0 Å². The van der Waals surface area contributed by atoms with Crippen LogP contribution in [0.3, 0.4) is 0 Å². The molecule has 1 N–H and O–H groups in total. The normalized spacial score (nSPS) is 19.2. The van der Waals surface area contributed by atoms with Crippen molar-refractivity contribution < 1.29 is 18.7 Å². The Bertz CT molecular complexity index is 491. The summed E-state index contributed by atoms with van der Waals surface area (Å²) < 4.78 is 27.1. The van der Waals surface area contributed by atoms with Gasteiger partial charge in [0.15, 0.2) is 0 Å². The standard InChI is InChI=1S/C14H16F2O2.C3H8S2.C2H6/c1-8-2-4-9(5-3-8)10-6-11(15)13(14(17)18)12(16)7-10;4-2-1-3-5;1-2/h6-9H,2-5H2,1H3,(H,17,18);4-5H,1-3H2;1-2H3. The minimum atomic E-state index is -1.56. The Hall–Kier alpha value is -0.750. The number of hydrogen-bond acceptors (Lipinski definition) is 3. The van der Waals surface area contributed by atoms with Crippen molar-refractivity contribution in [3.05, 3.63) is 34.9 Å². The van der Waals surface area contributed by atoms with Crippen LogP contribution in [0.15, 0.2) is 12.1 Å². The Kier molecular flexibility index (Phi) is 13.0. The molecule has 0 amide bonds. The molecule has 1 saturated carbocycles. The summed E-state index contributed by atoms with van der Waals surface area (Å²) in [7, 11) is 0. The summed E-state index contributed by atoms with van der Waals surface area (Å²) in [5, 5.41) is 8.70. The third kappa shape index (κ3) is 8.45. The van der Waals surface area contributed by atoms with E-state index in [2.05, 4.69) is 32.2 Å². The molecule has 25 heavy (non-hydrogen) atoms. The highest BCUT2D eigenvalue weighted by atomic mass is 32.1. The van der Waals surface area contributed by atoms with Crippen LogP contribution in [0, 0.1) is 17.6 Å². The van der Waals surface area contributed by atoms with Gasteiger partial charge in [-0.15, -0.1) is 0 Å². The fraction of sp³-hybridized carbons (Fsp3) is 0.632. The Balaban J connectivity index is 0.000000710. The van der Waals surface area contributed by atoms with Gasteiger partial charge in [-0.3, -0.25) is 0 Å². The van der Waals surface area contributed by atoms with Crippen LogP contribution in [-0.2, 0) is 0 Å². The molecule has 0 heterocycles. The van der Waals surface area contributed by atoms with Crippen LogP contribution in [0.1, 0.15) is 74.7 Å². The van der Waals surface area contributed by atoms with E-state index < -0.39 is 23.2 Å². The zero-order valence-corrected chi connectivity index (χ0v) is 17.1. The minimum absolute atomic E-state index is 0.146. The number of carboxylic acid groups (broad SMARTS) is 1. The van der Waals surface area contributed by atoms with Crippen molar-refractivity contribution in [3.63, 3.8) is 0 Å². The second-order valence-electron chi connectivity index (χ2n) is 5.92. The molecule has 1 aliphatic carbocycles. The van der Waals surface area contributed by atoms with Crippen LogP contribution in [-0.4, -0.2) is 22.6 Å². The van der Waals surface area contributed by atoms with Gasteiger partial charge in [0, 0.05) is 0 Å². The number of aromatic carboxylic acids is 1. The molecule has 2 rings (SSSR count). The summed E-state index contributed by atoms with van der Waals surface area (Å²) in [6, 6.07) is 2.35. The van der Waals surface area contributed by atoms with Crippen molar-refractivity contribution >= 4 is 31.2 Å². The van der Waals surface area contributed by atoms with E-state index in [1.165, 1.54) is 12.1 Å². The summed E-state index contributed by atoms with van der Waals surface area (Å²) in [4.78, 5) is 10.7. The molecule has 1 aromatic rings. The summed E-state index contributed by atoms with van der Waals surface area (Å²) in [5.74, 6) is -0.782. The monoisotopic (exact) mass is 392 g/mol. The van der Waals surface area contributed by atoms with Crippen molar-refractivity contribution in [1.29, 1.82) is 0 Å². The molecule has 0 aliphatic heterocycles. The number of halogens is 2. The Labute approximate surface area is 161 Å². The molecule has 2 nitrogen and oxygen atoms in total. The fourth-order valence-electron chi connectivity index (χ4n) is 2.70. The van der Waals surface area contributed by atoms with Gasteiger partial charge < -0.3 is 5.11 Å². The highest BCUT2D eigenvalue weighted by Gasteiger charge is 2.24. The topological polar surface area (TPSA) is 37.3 Å². The number of carbonyl (C=O) groups is 1.